The first-order valence-corrected chi connectivity index (χ1v) is 19.5. The molecule has 0 N–H and O–H groups in total. The number of hydrogen-bond acceptors (Lipinski definition) is 3. The number of rotatable bonds is 16. The van der Waals surface area contributed by atoms with E-state index < -0.39 is 8.07 Å². The lowest BCUT2D eigenvalue weighted by Gasteiger charge is -2.32. The number of aryl methyl sites for hydroxylation is 3. The van der Waals surface area contributed by atoms with Gasteiger partial charge in [0, 0.05) is 28.9 Å². The number of thiophene rings is 3. The molecule has 0 radical (unpaired) electrons. The second-order valence-electron chi connectivity index (χ2n) is 11.2. The van der Waals surface area contributed by atoms with Crippen molar-refractivity contribution in [3.05, 3.63) is 38.9 Å². The van der Waals surface area contributed by atoms with Crippen LogP contribution in [0.5, 0.6) is 0 Å². The Kier molecular flexibility index (Phi) is 10.5. The second-order valence-corrected chi connectivity index (χ2v) is 19.1. The van der Waals surface area contributed by atoms with E-state index in [9.17, 15) is 0 Å². The van der Waals surface area contributed by atoms with Crippen LogP contribution in [0.4, 0.5) is 0 Å². The molecule has 0 bridgehead atoms. The van der Waals surface area contributed by atoms with Crippen molar-refractivity contribution in [2.24, 2.45) is 5.92 Å². The Labute approximate surface area is 234 Å². The quantitative estimate of drug-likeness (QED) is 0.122. The SMILES string of the molecule is CCCCCCCCC(CCCCCC)C[Si]1(c2ccc(CC)s2)c2cc(C)sc2-c2sc(C)cc21. The molecule has 4 heterocycles. The van der Waals surface area contributed by atoms with E-state index in [-0.39, 0.29) is 0 Å². The van der Waals surface area contributed by atoms with Gasteiger partial charge in [-0.3, -0.25) is 0 Å². The van der Waals surface area contributed by atoms with Crippen LogP contribution < -0.4 is 14.9 Å². The average molecular weight is 557 g/mol. The summed E-state index contributed by atoms with van der Waals surface area (Å²) < 4.78 is 1.75. The van der Waals surface area contributed by atoms with Crippen molar-refractivity contribution < 1.29 is 0 Å². The van der Waals surface area contributed by atoms with E-state index in [1.165, 1.54) is 99.3 Å². The summed E-state index contributed by atoms with van der Waals surface area (Å²) in [6.07, 6.45) is 18.1. The zero-order valence-electron chi connectivity index (χ0n) is 23.5. The third kappa shape index (κ3) is 6.13. The minimum atomic E-state index is -1.98. The lowest BCUT2D eigenvalue weighted by molar-refractivity contribution is 0.431. The van der Waals surface area contributed by atoms with E-state index in [2.05, 4.69) is 92.9 Å². The maximum absolute atomic E-state index is 2.62. The molecule has 0 spiro atoms. The van der Waals surface area contributed by atoms with Gasteiger partial charge in [0.25, 0.3) is 0 Å². The topological polar surface area (TPSA) is 0 Å². The summed E-state index contributed by atoms with van der Waals surface area (Å²) in [7, 11) is -1.98. The zero-order valence-corrected chi connectivity index (χ0v) is 27.0. The predicted molar refractivity (Wildman–Crippen MR) is 171 cm³/mol. The fourth-order valence-corrected chi connectivity index (χ4v) is 17.9. The van der Waals surface area contributed by atoms with Gasteiger partial charge in [-0.2, -0.15) is 0 Å². The van der Waals surface area contributed by atoms with Crippen LogP contribution in [0.15, 0.2) is 24.3 Å². The summed E-state index contributed by atoms with van der Waals surface area (Å²) >= 11 is 6.30. The molecule has 1 atom stereocenters. The summed E-state index contributed by atoms with van der Waals surface area (Å²) in [6, 6.07) is 11.7. The van der Waals surface area contributed by atoms with Gasteiger partial charge in [0.1, 0.15) is 0 Å². The van der Waals surface area contributed by atoms with Crippen LogP contribution in [0, 0.1) is 19.8 Å². The Hall–Kier alpha value is -0.683. The van der Waals surface area contributed by atoms with Crippen LogP contribution in [-0.4, -0.2) is 8.07 Å². The van der Waals surface area contributed by atoms with Crippen molar-refractivity contribution in [3.63, 3.8) is 0 Å². The molecular weight excluding hydrogens is 509 g/mol. The van der Waals surface area contributed by atoms with Gasteiger partial charge >= 0.3 is 0 Å². The molecule has 1 aliphatic rings. The lowest BCUT2D eigenvalue weighted by Crippen LogP contribution is -2.64. The largest absolute Gasteiger partial charge is 0.164 e. The molecule has 0 saturated carbocycles. The first-order chi connectivity index (χ1) is 17.5. The fourth-order valence-electron chi connectivity index (χ4n) is 6.38. The van der Waals surface area contributed by atoms with Crippen LogP contribution in [0.25, 0.3) is 9.75 Å². The molecule has 3 aromatic rings. The van der Waals surface area contributed by atoms with Crippen LogP contribution >= 0.6 is 34.0 Å². The normalized spacial score (nSPS) is 14.8. The van der Waals surface area contributed by atoms with Crippen molar-refractivity contribution in [2.75, 3.05) is 0 Å². The van der Waals surface area contributed by atoms with Gasteiger partial charge in [0.2, 0.25) is 0 Å². The van der Waals surface area contributed by atoms with Crippen molar-refractivity contribution >= 4 is 57.0 Å². The van der Waals surface area contributed by atoms with E-state index in [0.29, 0.717) is 0 Å². The Morgan fingerprint density at radius 3 is 1.72 bits per heavy atom. The summed E-state index contributed by atoms with van der Waals surface area (Å²) in [6.45, 7) is 11.7. The minimum Gasteiger partial charge on any atom is -0.149 e. The van der Waals surface area contributed by atoms with Gasteiger partial charge in [-0.25, -0.2) is 0 Å². The first-order valence-electron chi connectivity index (χ1n) is 14.8. The van der Waals surface area contributed by atoms with Crippen molar-refractivity contribution in [1.29, 1.82) is 0 Å². The molecule has 0 saturated heterocycles. The first kappa shape index (κ1) is 28.3. The molecule has 0 aromatic carbocycles. The van der Waals surface area contributed by atoms with Crippen LogP contribution in [0.1, 0.15) is 112 Å². The van der Waals surface area contributed by atoms with Gasteiger partial charge in [-0.15, -0.1) is 34.0 Å². The molecular formula is C32H48S3Si. The minimum absolute atomic E-state index is 0.867. The molecule has 36 heavy (non-hydrogen) atoms. The molecule has 0 amide bonds. The van der Waals surface area contributed by atoms with Crippen LogP contribution in [0.2, 0.25) is 6.04 Å². The van der Waals surface area contributed by atoms with Gasteiger partial charge in [0.05, 0.1) is 0 Å². The fraction of sp³-hybridized carbons (Fsp3) is 0.625. The monoisotopic (exact) mass is 556 g/mol. The summed E-state index contributed by atoms with van der Waals surface area (Å²) in [5.74, 6) is 0.867. The highest BCUT2D eigenvalue weighted by molar-refractivity contribution is 7.38. The molecule has 4 rings (SSSR count). The van der Waals surface area contributed by atoms with Crippen LogP contribution in [-0.2, 0) is 6.42 Å². The van der Waals surface area contributed by atoms with Crippen molar-refractivity contribution in [1.82, 2.24) is 0 Å². The summed E-state index contributed by atoms with van der Waals surface area (Å²) in [5, 5.41) is 3.55. The van der Waals surface area contributed by atoms with E-state index in [0.717, 1.165) is 5.92 Å². The Bertz CT molecular complexity index is 1040. The third-order valence-electron chi connectivity index (χ3n) is 8.29. The Morgan fingerprint density at radius 1 is 0.667 bits per heavy atom. The number of unbranched alkanes of at least 4 members (excludes halogenated alkanes) is 8. The van der Waals surface area contributed by atoms with E-state index in [4.69, 9.17) is 0 Å². The molecule has 1 aliphatic heterocycles. The molecule has 0 fully saturated rings. The molecule has 0 aliphatic carbocycles. The highest BCUT2D eigenvalue weighted by Gasteiger charge is 2.51. The highest BCUT2D eigenvalue weighted by Crippen LogP contribution is 2.42. The second kappa shape index (κ2) is 13.4. The highest BCUT2D eigenvalue weighted by atomic mass is 32.1. The molecule has 3 aromatic heterocycles. The van der Waals surface area contributed by atoms with E-state index >= 15 is 0 Å². The Balaban J connectivity index is 1.67. The maximum atomic E-state index is 2.62. The molecule has 0 nitrogen and oxygen atoms in total. The Morgan fingerprint density at radius 2 is 1.19 bits per heavy atom. The van der Waals surface area contributed by atoms with E-state index in [1.807, 2.05) is 0 Å². The maximum Gasteiger partial charge on any atom is 0.164 e. The molecule has 4 heteroatoms. The lowest BCUT2D eigenvalue weighted by atomic mass is 9.96. The zero-order chi connectivity index (χ0) is 25.5. The smallest absolute Gasteiger partial charge is 0.149 e. The average Bonchev–Trinajstić information content (AvgIpc) is 3.63. The van der Waals surface area contributed by atoms with Gasteiger partial charge in [-0.05, 0) is 60.8 Å². The van der Waals surface area contributed by atoms with Gasteiger partial charge in [0.15, 0.2) is 8.07 Å². The summed E-state index contributed by atoms with van der Waals surface area (Å²) in [4.78, 5) is 7.87. The third-order valence-corrected chi connectivity index (χ3v) is 18.1. The standard InChI is InChI=1S/C32H48S3Si/c1-6-9-11-13-14-16-18-26(17-15-12-10-7-2)23-36(30-20-19-27(8-3)35-30)28-21-24(4)33-31(28)32-29(36)22-25(5)34-32/h19-22,26H,6-18,23H2,1-5H3. The van der Waals surface area contributed by atoms with Gasteiger partial charge < -0.3 is 0 Å². The van der Waals surface area contributed by atoms with Crippen molar-refractivity contribution in [3.8, 4) is 9.75 Å². The van der Waals surface area contributed by atoms with E-state index in [1.54, 1.807) is 29.5 Å². The predicted octanol–water partition coefficient (Wildman–Crippen LogP) is 9.84. The summed E-state index contributed by atoms with van der Waals surface area (Å²) in [5.41, 5.74) is 0. The number of hydrogen-bond donors (Lipinski definition) is 0. The van der Waals surface area contributed by atoms with Crippen molar-refractivity contribution in [2.45, 2.75) is 124 Å². The van der Waals surface area contributed by atoms with Gasteiger partial charge in [-0.1, -0.05) is 104 Å². The van der Waals surface area contributed by atoms with Crippen LogP contribution in [0.3, 0.4) is 0 Å². The number of fused-ring (bicyclic) bond motifs is 3. The molecule has 198 valence electrons. The molecule has 1 unspecified atom stereocenters.